The molecule has 2 unspecified atom stereocenters. The van der Waals surface area contributed by atoms with Crippen LogP contribution < -0.4 is 16.0 Å². The Morgan fingerprint density at radius 2 is 1.73 bits per heavy atom. The Kier molecular flexibility index (Phi) is 9.51. The molecule has 3 fully saturated rings. The molecule has 0 radical (unpaired) electrons. The van der Waals surface area contributed by atoms with Crippen LogP contribution in [0.5, 0.6) is 0 Å². The Hall–Kier alpha value is -3.19. The number of aliphatic carboxylic acids is 1. The van der Waals surface area contributed by atoms with Crippen molar-refractivity contribution < 1.29 is 32.7 Å². The van der Waals surface area contributed by atoms with Crippen LogP contribution in [-0.4, -0.2) is 83.3 Å². The minimum absolute atomic E-state index is 0.0627. The summed E-state index contributed by atoms with van der Waals surface area (Å²) >= 11 is 0. The molecule has 1 aromatic carbocycles. The fraction of sp³-hybridized carbons (Fsp3) is 0.688. The normalized spacial score (nSPS) is 29.7. The van der Waals surface area contributed by atoms with E-state index in [1.807, 2.05) is 20.8 Å². The fourth-order valence-corrected chi connectivity index (χ4v) is 8.69. The quantitative estimate of drug-likeness (QED) is 0.382. The third kappa shape index (κ3) is 6.98. The first kappa shape index (κ1) is 33.2. The smallest absolute Gasteiger partial charge is 0.329 e. The monoisotopic (exact) mass is 645 g/mol. The Balaban J connectivity index is 1.30. The van der Waals surface area contributed by atoms with Gasteiger partial charge in [-0.05, 0) is 55.1 Å². The largest absolute Gasteiger partial charge is 0.479 e. The van der Waals surface area contributed by atoms with Gasteiger partial charge in [0, 0.05) is 25.7 Å². The van der Waals surface area contributed by atoms with Crippen molar-refractivity contribution >= 4 is 33.8 Å². The van der Waals surface area contributed by atoms with Gasteiger partial charge in [-0.15, -0.1) is 0 Å². The maximum absolute atomic E-state index is 13.9. The lowest BCUT2D eigenvalue weighted by Gasteiger charge is -2.35. The van der Waals surface area contributed by atoms with Crippen molar-refractivity contribution in [3.8, 4) is 0 Å². The van der Waals surface area contributed by atoms with Crippen molar-refractivity contribution in [3.05, 3.63) is 29.8 Å². The lowest BCUT2D eigenvalue weighted by Crippen LogP contribution is -2.59. The highest BCUT2D eigenvalue weighted by Crippen LogP contribution is 2.47. The number of sulfonamides is 1. The Labute approximate surface area is 265 Å². The number of nitrogens with one attached hydrogen (secondary N) is 3. The predicted octanol–water partition coefficient (Wildman–Crippen LogP) is 2.97. The molecule has 4 N–H and O–H groups in total. The van der Waals surface area contributed by atoms with Crippen LogP contribution in [-0.2, 0) is 31.0 Å². The number of carbonyl (C=O) groups is 4. The van der Waals surface area contributed by atoms with Gasteiger partial charge < -0.3 is 26.0 Å². The zero-order chi connectivity index (χ0) is 32.6. The van der Waals surface area contributed by atoms with E-state index in [9.17, 15) is 32.7 Å². The first-order valence-electron chi connectivity index (χ1n) is 16.2. The molecule has 3 aliphatic heterocycles. The maximum atomic E-state index is 13.9. The molecule has 3 heterocycles. The summed E-state index contributed by atoms with van der Waals surface area (Å²) < 4.78 is 27.9. The highest BCUT2D eigenvalue weighted by atomic mass is 32.2. The molecule has 2 saturated heterocycles. The van der Waals surface area contributed by atoms with Gasteiger partial charge in [0.25, 0.3) is 0 Å². The lowest BCUT2D eigenvalue weighted by molar-refractivity contribution is -0.145. The second kappa shape index (κ2) is 12.9. The number of urea groups is 1. The molecule has 248 valence electrons. The van der Waals surface area contributed by atoms with Gasteiger partial charge in [-0.25, -0.2) is 18.0 Å². The lowest BCUT2D eigenvalue weighted by atomic mass is 9.86. The molecule has 4 amide bonds. The number of nitrogens with zero attached hydrogens (tertiary/aromatic N) is 2. The molecule has 5 atom stereocenters. The number of benzene rings is 1. The van der Waals surface area contributed by atoms with Gasteiger partial charge in [-0.2, -0.15) is 4.31 Å². The number of hydrogen-bond acceptors (Lipinski definition) is 6. The van der Waals surface area contributed by atoms with Gasteiger partial charge in [-0.1, -0.05) is 71.1 Å². The molecule has 0 bridgehead atoms. The van der Waals surface area contributed by atoms with Crippen molar-refractivity contribution in [1.82, 2.24) is 25.2 Å². The Bertz CT molecular complexity index is 1430. The van der Waals surface area contributed by atoms with Gasteiger partial charge in [0.05, 0.1) is 4.90 Å². The summed E-state index contributed by atoms with van der Waals surface area (Å²) in [5.41, 5.74) is -1.06. The van der Waals surface area contributed by atoms with E-state index in [0.717, 1.165) is 32.1 Å². The average molecular weight is 646 g/mol. The number of carboxylic acid groups (broad SMARTS) is 1. The zero-order valence-electron chi connectivity index (χ0n) is 26.5. The predicted molar refractivity (Wildman–Crippen MR) is 166 cm³/mol. The molecular formula is C32H47N5O7S. The second-order valence-electron chi connectivity index (χ2n) is 14.2. The van der Waals surface area contributed by atoms with Crippen molar-refractivity contribution in [3.63, 3.8) is 0 Å². The molecule has 0 spiro atoms. The van der Waals surface area contributed by atoms with Crippen LogP contribution in [0.2, 0.25) is 0 Å². The number of rotatable bonds is 5. The number of carbonyl (C=O) groups excluding carboxylic acids is 3. The van der Waals surface area contributed by atoms with Crippen molar-refractivity contribution in [1.29, 1.82) is 0 Å². The minimum Gasteiger partial charge on any atom is -0.479 e. The fourth-order valence-electron chi connectivity index (χ4n) is 7.04. The molecular weight excluding hydrogens is 598 g/mol. The maximum Gasteiger partial charge on any atom is 0.329 e. The highest BCUT2D eigenvalue weighted by molar-refractivity contribution is 7.89. The molecule has 1 saturated carbocycles. The summed E-state index contributed by atoms with van der Waals surface area (Å²) in [6, 6.07) is 4.05. The number of amides is 4. The van der Waals surface area contributed by atoms with Gasteiger partial charge in [0.1, 0.15) is 17.6 Å². The minimum atomic E-state index is -3.70. The van der Waals surface area contributed by atoms with Gasteiger partial charge in [0.2, 0.25) is 21.8 Å². The van der Waals surface area contributed by atoms with Crippen LogP contribution in [0, 0.1) is 11.3 Å². The molecule has 1 aromatic rings. The number of hydrogen-bond donors (Lipinski definition) is 4. The summed E-state index contributed by atoms with van der Waals surface area (Å²) in [5, 5.41) is 18.6. The van der Waals surface area contributed by atoms with E-state index in [0.29, 0.717) is 44.2 Å². The van der Waals surface area contributed by atoms with Crippen LogP contribution in [0.1, 0.15) is 90.5 Å². The summed E-state index contributed by atoms with van der Waals surface area (Å²) in [6.45, 7) is 6.39. The van der Waals surface area contributed by atoms with Crippen molar-refractivity contribution in [2.24, 2.45) is 11.3 Å². The number of carboxylic acids is 1. The highest BCUT2D eigenvalue weighted by Gasteiger charge is 2.61. The second-order valence-corrected chi connectivity index (χ2v) is 16.1. The third-order valence-electron chi connectivity index (χ3n) is 9.99. The number of fused-ring (bicyclic) bond motifs is 3. The van der Waals surface area contributed by atoms with Gasteiger partial charge in [-0.3, -0.25) is 9.59 Å². The average Bonchev–Trinajstić information content (AvgIpc) is 3.32. The molecule has 12 nitrogen and oxygen atoms in total. The molecule has 4 aliphatic rings. The van der Waals surface area contributed by atoms with Crippen LogP contribution >= 0.6 is 0 Å². The van der Waals surface area contributed by atoms with Gasteiger partial charge >= 0.3 is 12.0 Å². The topological polar surface area (TPSA) is 165 Å². The van der Waals surface area contributed by atoms with Crippen molar-refractivity contribution in [2.45, 2.75) is 120 Å². The zero-order valence-corrected chi connectivity index (χ0v) is 27.3. The first-order valence-corrected chi connectivity index (χ1v) is 17.7. The van der Waals surface area contributed by atoms with Crippen LogP contribution in [0.3, 0.4) is 0 Å². The first-order chi connectivity index (χ1) is 21.2. The molecule has 0 aromatic heterocycles. The van der Waals surface area contributed by atoms with E-state index < -0.39 is 57.0 Å². The third-order valence-corrected chi connectivity index (χ3v) is 11.9. The van der Waals surface area contributed by atoms with Crippen molar-refractivity contribution in [2.75, 3.05) is 13.1 Å². The summed E-state index contributed by atoms with van der Waals surface area (Å²) in [7, 11) is -3.70. The molecule has 45 heavy (non-hydrogen) atoms. The summed E-state index contributed by atoms with van der Waals surface area (Å²) in [6.07, 6.45) is 6.87. The SMILES string of the molecule is CC(C)(C)C(CN1Cc2ccccc2S1(=O)=O)NC(=O)N[C@H]1CCCCCCCC2C[C@@]2(C(=O)O)NC(=O)[C@@H]2CCCN2C1=O. The molecule has 5 rings (SSSR count). The Morgan fingerprint density at radius 1 is 1.04 bits per heavy atom. The van der Waals surface area contributed by atoms with E-state index in [2.05, 4.69) is 16.0 Å². The molecule has 1 aliphatic carbocycles. The van der Waals surface area contributed by atoms with E-state index in [1.54, 1.807) is 24.3 Å². The molecule has 13 heteroatoms. The van der Waals surface area contributed by atoms with Crippen LogP contribution in [0.25, 0.3) is 0 Å². The summed E-state index contributed by atoms with van der Waals surface area (Å²) in [5.74, 6) is -1.95. The van der Waals surface area contributed by atoms with E-state index in [-0.39, 0.29) is 29.8 Å². The van der Waals surface area contributed by atoms with Crippen LogP contribution in [0.4, 0.5) is 4.79 Å². The summed E-state index contributed by atoms with van der Waals surface area (Å²) in [4.78, 5) is 54.7. The van der Waals surface area contributed by atoms with E-state index >= 15 is 0 Å². The standard InChI is InChI=1S/C32H47N5O7S/c1-31(2,3)26(20-36-19-21-12-9-10-16-25(21)45(36,43)44)34-30(42)33-23-14-8-6-4-5-7-13-22-18-32(22,29(40)41)35-27(38)24-15-11-17-37(24)28(23)39/h9-10,12,16,22-24,26H,4-8,11,13-15,17-20H2,1-3H3,(H,35,38)(H,40,41)(H2,33,34,42)/t22?,23-,24-,26?,32+/m0/s1. The Morgan fingerprint density at radius 3 is 2.42 bits per heavy atom. The van der Waals surface area contributed by atoms with E-state index in [1.165, 1.54) is 9.21 Å². The van der Waals surface area contributed by atoms with Gasteiger partial charge in [0.15, 0.2) is 0 Å². The van der Waals surface area contributed by atoms with Crippen LogP contribution in [0.15, 0.2) is 29.2 Å². The van der Waals surface area contributed by atoms with E-state index in [4.69, 9.17) is 0 Å².